The number of carbonyl (C=O) groups is 1. The molecule has 92 valence electrons. The number of carboxylic acid groups (broad SMARTS) is 1. The number of hydrogen-bond donors (Lipinski definition) is 2. The molecule has 0 aromatic heterocycles. The van der Waals surface area contributed by atoms with Crippen LogP contribution in [0.1, 0.15) is 27.2 Å². The smallest absolute Gasteiger partial charge is 0.320 e. The average Bonchev–Trinajstić information content (AvgIpc) is 2.72. The molecule has 0 aromatic carbocycles. The van der Waals surface area contributed by atoms with Crippen molar-refractivity contribution in [2.75, 3.05) is 19.6 Å². The molecule has 0 radical (unpaired) electrons. The Labute approximate surface area is 97.0 Å². The first-order valence-electron chi connectivity index (χ1n) is 6.18. The number of likely N-dealkylation sites (tertiary alicyclic amines) is 1. The van der Waals surface area contributed by atoms with E-state index in [-0.39, 0.29) is 11.6 Å². The summed E-state index contributed by atoms with van der Waals surface area (Å²) in [6, 6.07) is -0.319. The van der Waals surface area contributed by atoms with Gasteiger partial charge in [-0.1, -0.05) is 6.92 Å². The minimum Gasteiger partial charge on any atom is -0.480 e. The van der Waals surface area contributed by atoms with Crippen molar-refractivity contribution in [3.05, 3.63) is 0 Å². The molecule has 2 rings (SSSR count). The molecule has 2 saturated heterocycles. The third-order valence-corrected chi connectivity index (χ3v) is 4.47. The summed E-state index contributed by atoms with van der Waals surface area (Å²) in [6.45, 7) is 9.34. The SMILES string of the molecule is CCC(C(=O)O)N1CC2CNCC2C1(C)C. The van der Waals surface area contributed by atoms with Crippen molar-refractivity contribution in [1.29, 1.82) is 0 Å². The molecular weight excluding hydrogens is 204 g/mol. The second kappa shape index (κ2) is 4.00. The Morgan fingerprint density at radius 3 is 2.75 bits per heavy atom. The molecule has 2 heterocycles. The first-order chi connectivity index (χ1) is 7.48. The number of nitrogens with one attached hydrogen (secondary N) is 1. The minimum absolute atomic E-state index is 0.00718. The van der Waals surface area contributed by atoms with Crippen LogP contribution in [0.2, 0.25) is 0 Å². The molecule has 2 fully saturated rings. The lowest BCUT2D eigenvalue weighted by molar-refractivity contribution is -0.145. The van der Waals surface area contributed by atoms with Crippen molar-refractivity contribution in [1.82, 2.24) is 10.2 Å². The highest BCUT2D eigenvalue weighted by Gasteiger charge is 2.52. The molecule has 0 amide bonds. The van der Waals surface area contributed by atoms with Gasteiger partial charge in [0.15, 0.2) is 0 Å². The maximum atomic E-state index is 11.3. The molecule has 16 heavy (non-hydrogen) atoms. The Morgan fingerprint density at radius 1 is 1.56 bits per heavy atom. The van der Waals surface area contributed by atoms with Crippen molar-refractivity contribution in [3.63, 3.8) is 0 Å². The van der Waals surface area contributed by atoms with Crippen LogP contribution in [0.25, 0.3) is 0 Å². The Hall–Kier alpha value is -0.610. The number of rotatable bonds is 3. The van der Waals surface area contributed by atoms with Crippen molar-refractivity contribution >= 4 is 5.97 Å². The van der Waals surface area contributed by atoms with E-state index in [0.29, 0.717) is 18.3 Å². The predicted molar refractivity (Wildman–Crippen MR) is 62.3 cm³/mol. The number of fused-ring (bicyclic) bond motifs is 1. The van der Waals surface area contributed by atoms with E-state index in [2.05, 4.69) is 24.1 Å². The number of nitrogens with zero attached hydrogens (tertiary/aromatic N) is 1. The van der Waals surface area contributed by atoms with Gasteiger partial charge in [-0.15, -0.1) is 0 Å². The summed E-state index contributed by atoms with van der Waals surface area (Å²) in [5, 5.41) is 12.7. The summed E-state index contributed by atoms with van der Waals surface area (Å²) in [6.07, 6.45) is 0.686. The molecule has 0 saturated carbocycles. The Bertz CT molecular complexity index is 291. The lowest BCUT2D eigenvalue weighted by atomic mass is 9.84. The zero-order chi connectivity index (χ0) is 11.9. The van der Waals surface area contributed by atoms with Crippen LogP contribution >= 0.6 is 0 Å². The first-order valence-corrected chi connectivity index (χ1v) is 6.18. The monoisotopic (exact) mass is 226 g/mol. The second-order valence-electron chi connectivity index (χ2n) is 5.59. The fraction of sp³-hybridized carbons (Fsp3) is 0.917. The summed E-state index contributed by atoms with van der Waals surface area (Å²) in [5.74, 6) is 0.549. The highest BCUT2D eigenvalue weighted by molar-refractivity contribution is 5.73. The average molecular weight is 226 g/mol. The lowest BCUT2D eigenvalue weighted by Crippen LogP contribution is -2.52. The Kier molecular flexibility index (Phi) is 2.97. The summed E-state index contributed by atoms with van der Waals surface area (Å²) >= 11 is 0. The van der Waals surface area contributed by atoms with Gasteiger partial charge in [0.2, 0.25) is 0 Å². The zero-order valence-electron chi connectivity index (χ0n) is 10.4. The zero-order valence-corrected chi connectivity index (χ0v) is 10.4. The van der Waals surface area contributed by atoms with Gasteiger partial charge < -0.3 is 10.4 Å². The summed E-state index contributed by atoms with van der Waals surface area (Å²) in [7, 11) is 0. The van der Waals surface area contributed by atoms with Crippen LogP contribution in [0.3, 0.4) is 0 Å². The Morgan fingerprint density at radius 2 is 2.25 bits per heavy atom. The van der Waals surface area contributed by atoms with Crippen LogP contribution < -0.4 is 5.32 Å². The lowest BCUT2D eigenvalue weighted by Gasteiger charge is -2.39. The number of carboxylic acids is 1. The first kappa shape index (κ1) is 11.9. The van der Waals surface area contributed by atoms with Gasteiger partial charge in [0.1, 0.15) is 6.04 Å². The molecule has 2 aliphatic heterocycles. The van der Waals surface area contributed by atoms with Crippen molar-refractivity contribution < 1.29 is 9.90 Å². The maximum absolute atomic E-state index is 11.3. The van der Waals surface area contributed by atoms with Crippen LogP contribution in [0.4, 0.5) is 0 Å². The normalized spacial score (nSPS) is 34.9. The molecular formula is C12H22N2O2. The second-order valence-corrected chi connectivity index (χ2v) is 5.59. The van der Waals surface area contributed by atoms with Gasteiger partial charge in [0.05, 0.1) is 0 Å². The topological polar surface area (TPSA) is 52.6 Å². The predicted octanol–water partition coefficient (Wildman–Crippen LogP) is 0.779. The molecule has 2 N–H and O–H groups in total. The molecule has 0 bridgehead atoms. The van der Waals surface area contributed by atoms with Crippen molar-refractivity contribution in [3.8, 4) is 0 Å². The Balaban J connectivity index is 2.20. The third-order valence-electron chi connectivity index (χ3n) is 4.47. The molecule has 4 nitrogen and oxygen atoms in total. The van der Waals surface area contributed by atoms with E-state index in [1.54, 1.807) is 0 Å². The van der Waals surface area contributed by atoms with Gasteiger partial charge in [0.25, 0.3) is 0 Å². The molecule has 0 aromatic rings. The van der Waals surface area contributed by atoms with Gasteiger partial charge in [-0.2, -0.15) is 0 Å². The van der Waals surface area contributed by atoms with E-state index in [1.165, 1.54) is 0 Å². The van der Waals surface area contributed by atoms with E-state index in [4.69, 9.17) is 0 Å². The van der Waals surface area contributed by atoms with Gasteiger partial charge in [-0.25, -0.2) is 0 Å². The fourth-order valence-corrected chi connectivity index (χ4v) is 3.51. The van der Waals surface area contributed by atoms with Crippen LogP contribution in [0.5, 0.6) is 0 Å². The van der Waals surface area contributed by atoms with Gasteiger partial charge in [0, 0.05) is 18.6 Å². The quantitative estimate of drug-likeness (QED) is 0.746. The highest BCUT2D eigenvalue weighted by Crippen LogP contribution is 2.42. The van der Waals surface area contributed by atoms with Crippen LogP contribution in [0.15, 0.2) is 0 Å². The molecule has 0 aliphatic carbocycles. The molecule has 0 spiro atoms. The molecule has 3 atom stereocenters. The number of hydrogen-bond acceptors (Lipinski definition) is 3. The fourth-order valence-electron chi connectivity index (χ4n) is 3.51. The summed E-state index contributed by atoms with van der Waals surface area (Å²) < 4.78 is 0. The van der Waals surface area contributed by atoms with Crippen molar-refractivity contribution in [2.24, 2.45) is 11.8 Å². The van der Waals surface area contributed by atoms with E-state index in [9.17, 15) is 9.90 Å². The standard InChI is InChI=1S/C12H22N2O2/c1-4-10(11(15)16)14-7-8-5-13-6-9(8)12(14,2)3/h8-10,13H,4-7H2,1-3H3,(H,15,16). The largest absolute Gasteiger partial charge is 0.480 e. The van der Waals surface area contributed by atoms with Gasteiger partial charge in [-0.3, -0.25) is 9.69 Å². The molecule has 4 heteroatoms. The van der Waals surface area contributed by atoms with Gasteiger partial charge in [-0.05, 0) is 38.6 Å². The van der Waals surface area contributed by atoms with E-state index in [0.717, 1.165) is 19.6 Å². The van der Waals surface area contributed by atoms with Crippen LogP contribution in [0, 0.1) is 11.8 Å². The van der Waals surface area contributed by atoms with E-state index < -0.39 is 5.97 Å². The van der Waals surface area contributed by atoms with E-state index in [1.807, 2.05) is 6.92 Å². The van der Waals surface area contributed by atoms with Crippen molar-refractivity contribution in [2.45, 2.75) is 38.8 Å². The van der Waals surface area contributed by atoms with Crippen LogP contribution in [-0.4, -0.2) is 47.2 Å². The van der Waals surface area contributed by atoms with E-state index >= 15 is 0 Å². The molecule has 2 aliphatic rings. The van der Waals surface area contributed by atoms with Gasteiger partial charge >= 0.3 is 5.97 Å². The number of aliphatic carboxylic acids is 1. The summed E-state index contributed by atoms with van der Waals surface area (Å²) in [4.78, 5) is 13.5. The van der Waals surface area contributed by atoms with Crippen LogP contribution in [-0.2, 0) is 4.79 Å². The minimum atomic E-state index is -0.677. The molecule has 3 unspecified atom stereocenters. The maximum Gasteiger partial charge on any atom is 0.320 e. The summed E-state index contributed by atoms with van der Waals surface area (Å²) in [5.41, 5.74) is 0.00718. The highest BCUT2D eigenvalue weighted by atomic mass is 16.4. The third kappa shape index (κ3) is 1.64.